The molecule has 82 valence electrons. The minimum absolute atomic E-state index is 0.295. The molecule has 4 nitrogen and oxygen atoms in total. The van der Waals surface area contributed by atoms with Crippen LogP contribution in [0.15, 0.2) is 29.4 Å². The van der Waals surface area contributed by atoms with Gasteiger partial charge < -0.3 is 0 Å². The van der Waals surface area contributed by atoms with Crippen LogP contribution in [0.3, 0.4) is 0 Å². The molecular formula is C10H9FN4S. The van der Waals surface area contributed by atoms with Crippen LogP contribution in [0.5, 0.6) is 0 Å². The van der Waals surface area contributed by atoms with Crippen molar-refractivity contribution in [3.05, 3.63) is 46.2 Å². The normalized spacial score (nSPS) is 11.1. The molecule has 2 rings (SSSR count). The SMILES string of the molecule is Cc1n[nH]c(=S)n1/N=C/c1cccc(F)c1. The number of nitrogens with one attached hydrogen (secondary N) is 1. The highest BCUT2D eigenvalue weighted by Gasteiger charge is 1.97. The van der Waals surface area contributed by atoms with Crippen LogP contribution in [0.1, 0.15) is 11.4 Å². The minimum Gasteiger partial charge on any atom is -0.250 e. The van der Waals surface area contributed by atoms with E-state index in [0.29, 0.717) is 16.2 Å². The summed E-state index contributed by atoms with van der Waals surface area (Å²) in [6.45, 7) is 1.77. The Balaban J connectivity index is 2.32. The van der Waals surface area contributed by atoms with Crippen LogP contribution in [0.2, 0.25) is 0 Å². The summed E-state index contributed by atoms with van der Waals surface area (Å²) >= 11 is 4.97. The first-order valence-corrected chi connectivity index (χ1v) is 5.01. The summed E-state index contributed by atoms with van der Waals surface area (Å²) in [6.07, 6.45) is 1.53. The third-order valence-electron chi connectivity index (χ3n) is 1.98. The molecule has 2 aromatic rings. The molecular weight excluding hydrogens is 227 g/mol. The Morgan fingerprint density at radius 2 is 2.38 bits per heavy atom. The molecule has 6 heteroatoms. The molecule has 1 N–H and O–H groups in total. The van der Waals surface area contributed by atoms with Crippen molar-refractivity contribution in [3.8, 4) is 0 Å². The molecule has 0 aliphatic carbocycles. The number of aromatic amines is 1. The molecule has 0 radical (unpaired) electrons. The Kier molecular flexibility index (Phi) is 2.91. The highest BCUT2D eigenvalue weighted by atomic mass is 32.1. The summed E-state index contributed by atoms with van der Waals surface area (Å²) in [6, 6.07) is 6.15. The molecule has 0 aliphatic rings. The number of aromatic nitrogens is 3. The van der Waals surface area contributed by atoms with Crippen molar-refractivity contribution in [1.82, 2.24) is 14.9 Å². The zero-order valence-corrected chi connectivity index (χ0v) is 9.33. The maximum absolute atomic E-state index is 12.9. The van der Waals surface area contributed by atoms with Gasteiger partial charge in [-0.2, -0.15) is 14.9 Å². The molecule has 0 atom stereocenters. The molecule has 0 unspecified atom stereocenters. The predicted molar refractivity (Wildman–Crippen MR) is 61.5 cm³/mol. The van der Waals surface area contributed by atoms with Crippen LogP contribution < -0.4 is 0 Å². The average molecular weight is 236 g/mol. The van der Waals surface area contributed by atoms with E-state index in [0.717, 1.165) is 0 Å². The third-order valence-corrected chi connectivity index (χ3v) is 2.25. The molecule has 1 aromatic carbocycles. The van der Waals surface area contributed by atoms with Crippen molar-refractivity contribution in [2.45, 2.75) is 6.92 Å². The zero-order chi connectivity index (χ0) is 11.5. The van der Waals surface area contributed by atoms with Gasteiger partial charge in [-0.1, -0.05) is 12.1 Å². The highest BCUT2D eigenvalue weighted by Crippen LogP contribution is 2.01. The van der Waals surface area contributed by atoms with Crippen LogP contribution in [0.4, 0.5) is 4.39 Å². The van der Waals surface area contributed by atoms with E-state index in [2.05, 4.69) is 15.3 Å². The standard InChI is InChI=1S/C10H9FN4S/c1-7-13-14-10(16)15(7)12-6-8-3-2-4-9(11)5-8/h2-6H,1H3,(H,14,16)/b12-6+. The lowest BCUT2D eigenvalue weighted by atomic mass is 10.2. The van der Waals surface area contributed by atoms with Gasteiger partial charge in [0.25, 0.3) is 0 Å². The summed E-state index contributed by atoms with van der Waals surface area (Å²) in [5.74, 6) is 0.356. The van der Waals surface area contributed by atoms with Gasteiger partial charge in [0.05, 0.1) is 6.21 Å². The molecule has 0 fully saturated rings. The Bertz CT molecular complexity index is 585. The van der Waals surface area contributed by atoms with Crippen LogP contribution in [0, 0.1) is 17.5 Å². The number of halogens is 1. The second-order valence-electron chi connectivity index (χ2n) is 3.19. The summed E-state index contributed by atoms with van der Waals surface area (Å²) in [5.41, 5.74) is 0.669. The first-order valence-electron chi connectivity index (χ1n) is 4.61. The quantitative estimate of drug-likeness (QED) is 0.642. The number of aryl methyl sites for hydroxylation is 1. The van der Waals surface area contributed by atoms with E-state index < -0.39 is 0 Å². The van der Waals surface area contributed by atoms with E-state index in [9.17, 15) is 4.39 Å². The van der Waals surface area contributed by atoms with Gasteiger partial charge in [-0.15, -0.1) is 0 Å². The van der Waals surface area contributed by atoms with Gasteiger partial charge in [0.1, 0.15) is 11.6 Å². The number of H-pyrrole nitrogens is 1. The molecule has 0 aliphatic heterocycles. The summed E-state index contributed by atoms with van der Waals surface area (Å²) in [4.78, 5) is 0. The lowest BCUT2D eigenvalue weighted by Gasteiger charge is -1.95. The smallest absolute Gasteiger partial charge is 0.216 e. The van der Waals surface area contributed by atoms with Crippen molar-refractivity contribution in [2.24, 2.45) is 5.10 Å². The van der Waals surface area contributed by atoms with E-state index in [-0.39, 0.29) is 5.82 Å². The second-order valence-corrected chi connectivity index (χ2v) is 3.57. The van der Waals surface area contributed by atoms with Gasteiger partial charge >= 0.3 is 0 Å². The average Bonchev–Trinajstić information content (AvgIpc) is 2.56. The largest absolute Gasteiger partial charge is 0.250 e. The molecule has 0 amide bonds. The molecule has 1 heterocycles. The van der Waals surface area contributed by atoms with Crippen LogP contribution in [0.25, 0.3) is 0 Å². The molecule has 0 saturated heterocycles. The van der Waals surface area contributed by atoms with Gasteiger partial charge in [0, 0.05) is 0 Å². The zero-order valence-electron chi connectivity index (χ0n) is 8.51. The Labute approximate surface area is 96.4 Å². The molecule has 0 saturated carbocycles. The van der Waals surface area contributed by atoms with Crippen molar-refractivity contribution in [2.75, 3.05) is 0 Å². The number of nitrogens with zero attached hydrogens (tertiary/aromatic N) is 3. The molecule has 0 spiro atoms. The maximum atomic E-state index is 12.9. The fraction of sp³-hybridized carbons (Fsp3) is 0.100. The van der Waals surface area contributed by atoms with Gasteiger partial charge in [0.2, 0.25) is 4.77 Å². The Hall–Kier alpha value is -1.82. The van der Waals surface area contributed by atoms with E-state index in [1.165, 1.54) is 23.0 Å². The lowest BCUT2D eigenvalue weighted by molar-refractivity contribution is 0.627. The third kappa shape index (κ3) is 2.22. The minimum atomic E-state index is -0.295. The number of benzene rings is 1. The molecule has 1 aromatic heterocycles. The fourth-order valence-electron chi connectivity index (χ4n) is 1.22. The number of rotatable bonds is 2. The fourth-order valence-corrected chi connectivity index (χ4v) is 1.44. The van der Waals surface area contributed by atoms with Crippen LogP contribution in [-0.2, 0) is 0 Å². The van der Waals surface area contributed by atoms with Crippen molar-refractivity contribution >= 4 is 18.4 Å². The highest BCUT2D eigenvalue weighted by molar-refractivity contribution is 7.71. The van der Waals surface area contributed by atoms with E-state index in [1.54, 1.807) is 19.1 Å². The van der Waals surface area contributed by atoms with Gasteiger partial charge in [-0.05, 0) is 36.8 Å². The summed E-state index contributed by atoms with van der Waals surface area (Å²) in [7, 11) is 0. The van der Waals surface area contributed by atoms with Crippen molar-refractivity contribution < 1.29 is 4.39 Å². The molecule has 16 heavy (non-hydrogen) atoms. The maximum Gasteiger partial charge on any atom is 0.216 e. The lowest BCUT2D eigenvalue weighted by Crippen LogP contribution is -1.93. The first-order chi connectivity index (χ1) is 7.66. The summed E-state index contributed by atoms with van der Waals surface area (Å²) in [5, 5.41) is 10.6. The molecule has 0 bridgehead atoms. The van der Waals surface area contributed by atoms with E-state index >= 15 is 0 Å². The number of hydrogen-bond donors (Lipinski definition) is 1. The van der Waals surface area contributed by atoms with Crippen molar-refractivity contribution in [3.63, 3.8) is 0 Å². The van der Waals surface area contributed by atoms with Gasteiger partial charge in [-0.25, -0.2) is 4.39 Å². The summed E-state index contributed by atoms with van der Waals surface area (Å²) < 4.78 is 14.8. The first kappa shape index (κ1) is 10.7. The van der Waals surface area contributed by atoms with Gasteiger partial charge in [0.15, 0.2) is 0 Å². The van der Waals surface area contributed by atoms with Crippen molar-refractivity contribution in [1.29, 1.82) is 0 Å². The van der Waals surface area contributed by atoms with E-state index in [1.807, 2.05) is 0 Å². The number of hydrogen-bond acceptors (Lipinski definition) is 3. The van der Waals surface area contributed by atoms with Crippen LogP contribution in [-0.4, -0.2) is 21.1 Å². The topological polar surface area (TPSA) is 46.0 Å². The second kappa shape index (κ2) is 4.36. The Morgan fingerprint density at radius 1 is 1.56 bits per heavy atom. The predicted octanol–water partition coefficient (Wildman–Crippen LogP) is 2.27. The van der Waals surface area contributed by atoms with Gasteiger partial charge in [-0.3, -0.25) is 5.10 Å². The Morgan fingerprint density at radius 3 is 3.00 bits per heavy atom. The van der Waals surface area contributed by atoms with E-state index in [4.69, 9.17) is 12.2 Å². The monoisotopic (exact) mass is 236 g/mol. The van der Waals surface area contributed by atoms with Crippen LogP contribution >= 0.6 is 12.2 Å².